The predicted molar refractivity (Wildman–Crippen MR) is 81.8 cm³/mol. The van der Waals surface area contributed by atoms with Crippen molar-refractivity contribution < 1.29 is 27.8 Å². The third kappa shape index (κ3) is 6.09. The maximum absolute atomic E-state index is 12.8. The maximum Gasteiger partial charge on any atom is 0.311 e. The number of nitro groups is 2. The minimum atomic E-state index is -1.16. The van der Waals surface area contributed by atoms with Gasteiger partial charge in [0.25, 0.3) is 0 Å². The first kappa shape index (κ1) is 19.9. The van der Waals surface area contributed by atoms with Crippen molar-refractivity contribution in [2.75, 3.05) is 0 Å². The first-order valence-corrected chi connectivity index (χ1v) is 6.82. The first-order valence-electron chi connectivity index (χ1n) is 6.82. The second-order valence-electron chi connectivity index (χ2n) is 4.89. The molecule has 2 aromatic rings. The van der Waals surface area contributed by atoms with E-state index in [1.807, 2.05) is 0 Å². The van der Waals surface area contributed by atoms with E-state index in [4.69, 9.17) is 4.74 Å². The predicted octanol–water partition coefficient (Wildman–Crippen LogP) is 4.39. The molecule has 0 aromatic heterocycles. The lowest BCUT2D eigenvalue weighted by molar-refractivity contribution is -0.387. The van der Waals surface area contributed by atoms with E-state index in [1.54, 1.807) is 13.8 Å². The average Bonchev–Trinajstić information content (AvgIpc) is 2.46. The van der Waals surface area contributed by atoms with Crippen molar-refractivity contribution in [1.82, 2.24) is 0 Å². The van der Waals surface area contributed by atoms with Crippen LogP contribution in [0.4, 0.5) is 24.5 Å². The molecule has 0 atom stereocenters. The Morgan fingerprint density at radius 2 is 1.36 bits per heavy atom. The molecule has 0 saturated heterocycles. The van der Waals surface area contributed by atoms with E-state index in [-0.39, 0.29) is 17.5 Å². The van der Waals surface area contributed by atoms with Crippen LogP contribution in [0.15, 0.2) is 36.4 Å². The van der Waals surface area contributed by atoms with E-state index in [0.717, 1.165) is 30.3 Å². The van der Waals surface area contributed by atoms with Gasteiger partial charge in [0.05, 0.1) is 16.0 Å². The minimum Gasteiger partial charge on any atom is -0.484 e. The number of benzene rings is 2. The molecule has 0 heterocycles. The number of ether oxygens (including phenoxy) is 1. The second-order valence-corrected chi connectivity index (χ2v) is 4.89. The van der Waals surface area contributed by atoms with Crippen LogP contribution in [0.2, 0.25) is 0 Å². The first-order chi connectivity index (χ1) is 11.6. The summed E-state index contributed by atoms with van der Waals surface area (Å²) in [6.07, 6.45) is -0.226. The molecule has 10 heteroatoms. The van der Waals surface area contributed by atoms with Crippen molar-refractivity contribution in [3.8, 4) is 5.75 Å². The SMILES string of the molecule is CC(C)Oc1cc(F)ccc1[N+](=O)[O-].O=[N+]([O-])c1ccc(F)cc1F. The Hall–Kier alpha value is -3.17. The van der Waals surface area contributed by atoms with E-state index in [0.29, 0.717) is 6.07 Å². The van der Waals surface area contributed by atoms with E-state index in [9.17, 15) is 33.4 Å². The highest BCUT2D eigenvalue weighted by Crippen LogP contribution is 2.28. The Balaban J connectivity index is 0.000000257. The van der Waals surface area contributed by atoms with Gasteiger partial charge in [-0.05, 0) is 26.0 Å². The molecule has 134 valence electrons. The minimum absolute atomic E-state index is 0.0370. The highest BCUT2D eigenvalue weighted by Gasteiger charge is 2.16. The third-order valence-corrected chi connectivity index (χ3v) is 2.59. The Morgan fingerprint density at radius 1 is 0.880 bits per heavy atom. The molecule has 2 rings (SSSR count). The van der Waals surface area contributed by atoms with Gasteiger partial charge in [-0.15, -0.1) is 0 Å². The van der Waals surface area contributed by atoms with E-state index in [1.165, 1.54) is 0 Å². The monoisotopic (exact) mass is 358 g/mol. The smallest absolute Gasteiger partial charge is 0.311 e. The van der Waals surface area contributed by atoms with Crippen LogP contribution in [-0.4, -0.2) is 16.0 Å². The zero-order chi connectivity index (χ0) is 19.1. The molecule has 0 spiro atoms. The highest BCUT2D eigenvalue weighted by atomic mass is 19.1. The van der Waals surface area contributed by atoms with Gasteiger partial charge in [-0.25, -0.2) is 8.78 Å². The van der Waals surface area contributed by atoms with Crippen molar-refractivity contribution in [2.45, 2.75) is 20.0 Å². The van der Waals surface area contributed by atoms with Crippen LogP contribution in [-0.2, 0) is 0 Å². The number of hydrogen-bond acceptors (Lipinski definition) is 5. The Morgan fingerprint density at radius 3 is 1.80 bits per heavy atom. The quantitative estimate of drug-likeness (QED) is 0.596. The fraction of sp³-hybridized carbons (Fsp3) is 0.200. The number of hydrogen-bond donors (Lipinski definition) is 0. The molecule has 7 nitrogen and oxygen atoms in total. The average molecular weight is 358 g/mol. The van der Waals surface area contributed by atoms with Crippen LogP contribution >= 0.6 is 0 Å². The lowest BCUT2D eigenvalue weighted by atomic mass is 10.3. The van der Waals surface area contributed by atoms with Crippen LogP contribution in [0.5, 0.6) is 5.75 Å². The fourth-order valence-electron chi connectivity index (χ4n) is 1.62. The second kappa shape index (κ2) is 8.62. The molecule has 2 aromatic carbocycles. The Labute approximate surface area is 140 Å². The zero-order valence-corrected chi connectivity index (χ0v) is 13.1. The van der Waals surface area contributed by atoms with Crippen molar-refractivity contribution >= 4 is 11.4 Å². The lowest BCUT2D eigenvalue weighted by Crippen LogP contribution is -2.07. The Bertz CT molecular complexity index is 784. The number of rotatable bonds is 4. The van der Waals surface area contributed by atoms with Crippen molar-refractivity contribution in [2.24, 2.45) is 0 Å². The molecule has 0 saturated carbocycles. The van der Waals surface area contributed by atoms with Gasteiger partial charge in [-0.1, -0.05) is 0 Å². The van der Waals surface area contributed by atoms with Crippen LogP contribution < -0.4 is 4.74 Å². The topological polar surface area (TPSA) is 95.5 Å². The van der Waals surface area contributed by atoms with Crippen molar-refractivity contribution in [3.05, 3.63) is 74.1 Å². The van der Waals surface area contributed by atoms with Gasteiger partial charge in [-0.2, -0.15) is 4.39 Å². The highest BCUT2D eigenvalue weighted by molar-refractivity contribution is 5.46. The summed E-state index contributed by atoms with van der Waals surface area (Å²) in [5.74, 6) is -2.57. The summed E-state index contributed by atoms with van der Waals surface area (Å²) >= 11 is 0. The Kier molecular flexibility index (Phi) is 6.85. The standard InChI is InChI=1S/C9H10FNO3.C6H3F2NO2/c1-6(2)14-9-5-7(10)3-4-8(9)11(12)13;7-4-1-2-6(9(10)11)5(8)3-4/h3-6H,1-2H3;1-3H. The molecular formula is C15H13F3N2O5. The van der Waals surface area contributed by atoms with Gasteiger partial charge in [0.15, 0.2) is 5.75 Å². The number of nitro benzene ring substituents is 2. The summed E-state index contributed by atoms with van der Waals surface area (Å²) in [6.45, 7) is 3.43. The number of nitrogens with zero attached hydrogens (tertiary/aromatic N) is 2. The van der Waals surface area contributed by atoms with Crippen LogP contribution in [0.3, 0.4) is 0 Å². The molecule has 0 bridgehead atoms. The normalized spacial score (nSPS) is 10.0. The molecule has 0 aliphatic rings. The molecule has 0 fully saturated rings. The van der Waals surface area contributed by atoms with E-state index in [2.05, 4.69) is 0 Å². The van der Waals surface area contributed by atoms with Crippen LogP contribution in [0, 0.1) is 37.7 Å². The van der Waals surface area contributed by atoms with Gasteiger partial charge in [0.1, 0.15) is 11.6 Å². The van der Waals surface area contributed by atoms with Crippen LogP contribution in [0.1, 0.15) is 13.8 Å². The lowest BCUT2D eigenvalue weighted by Gasteiger charge is -2.09. The largest absolute Gasteiger partial charge is 0.484 e. The molecule has 0 radical (unpaired) electrons. The number of halogens is 3. The third-order valence-electron chi connectivity index (χ3n) is 2.59. The molecule has 0 aliphatic heterocycles. The summed E-state index contributed by atoms with van der Waals surface area (Å²) in [4.78, 5) is 19.0. The van der Waals surface area contributed by atoms with Crippen molar-refractivity contribution in [3.63, 3.8) is 0 Å². The summed E-state index contributed by atoms with van der Waals surface area (Å²) in [5.41, 5.74) is -0.938. The fourth-order valence-corrected chi connectivity index (χ4v) is 1.62. The van der Waals surface area contributed by atoms with Crippen molar-refractivity contribution in [1.29, 1.82) is 0 Å². The van der Waals surface area contributed by atoms with Crippen LogP contribution in [0.25, 0.3) is 0 Å². The summed E-state index contributed by atoms with van der Waals surface area (Å²) < 4.78 is 42.4. The molecule has 0 unspecified atom stereocenters. The maximum atomic E-state index is 12.8. The van der Waals surface area contributed by atoms with E-state index < -0.39 is 33.0 Å². The van der Waals surface area contributed by atoms with Gasteiger partial charge in [-0.3, -0.25) is 20.2 Å². The van der Waals surface area contributed by atoms with Gasteiger partial charge < -0.3 is 4.74 Å². The molecular weight excluding hydrogens is 345 g/mol. The van der Waals surface area contributed by atoms with E-state index >= 15 is 0 Å². The zero-order valence-electron chi connectivity index (χ0n) is 13.1. The summed E-state index contributed by atoms with van der Waals surface area (Å²) in [5, 5.41) is 20.5. The molecule has 0 N–H and O–H groups in total. The summed E-state index contributed by atoms with van der Waals surface area (Å²) in [6, 6.07) is 5.22. The molecule has 0 amide bonds. The van der Waals surface area contributed by atoms with Gasteiger partial charge >= 0.3 is 11.4 Å². The molecule has 0 aliphatic carbocycles. The molecule has 25 heavy (non-hydrogen) atoms. The van der Waals surface area contributed by atoms with Gasteiger partial charge in [0.2, 0.25) is 5.82 Å². The summed E-state index contributed by atoms with van der Waals surface area (Å²) in [7, 11) is 0. The van der Waals surface area contributed by atoms with Gasteiger partial charge in [0, 0.05) is 24.3 Å².